The first kappa shape index (κ1) is 8.41. The van der Waals surface area contributed by atoms with Gasteiger partial charge >= 0.3 is 57.5 Å². The van der Waals surface area contributed by atoms with E-state index >= 15 is 0 Å². The van der Waals surface area contributed by atoms with E-state index in [1.165, 1.54) is 5.57 Å². The van der Waals surface area contributed by atoms with E-state index in [0.717, 1.165) is 5.57 Å². The predicted molar refractivity (Wildman–Crippen MR) is 45.0 cm³/mol. The van der Waals surface area contributed by atoms with E-state index in [9.17, 15) is 0 Å². The Morgan fingerprint density at radius 2 is 1.67 bits per heavy atom. The monoisotopic (exact) mass is 119 g/mol. The third-order valence-electron chi connectivity index (χ3n) is 0.942. The predicted octanol–water partition coefficient (Wildman–Crippen LogP) is 1.87. The Morgan fingerprint density at radius 3 is 2.00 bits per heavy atom. The Bertz CT molecular complexity index is 148. The molecule has 0 N–H and O–H groups in total. The molecular formula is C8H12B. The standard InChI is InChI=1S/C8H12B/c1-7(2)4-5-8(3)6-9/h4-6H,1-3H3/b8-5-. The fourth-order valence-corrected chi connectivity index (χ4v) is 0.354. The Balaban J connectivity index is 3.98. The second kappa shape index (κ2) is 4.31. The van der Waals surface area contributed by atoms with Crippen LogP contribution in [0, 0.1) is 0 Å². The third-order valence-corrected chi connectivity index (χ3v) is 0.942. The van der Waals surface area contributed by atoms with Crippen molar-refractivity contribution in [1.29, 1.82) is 0 Å². The second-order valence-electron chi connectivity index (χ2n) is 2.32. The van der Waals surface area contributed by atoms with Gasteiger partial charge in [0.1, 0.15) is 0 Å². The van der Waals surface area contributed by atoms with E-state index in [1.807, 2.05) is 19.1 Å². The first-order valence-corrected chi connectivity index (χ1v) is 3.03. The number of rotatable bonds is 2. The van der Waals surface area contributed by atoms with Crippen LogP contribution in [-0.4, -0.2) is 13.5 Å². The van der Waals surface area contributed by atoms with E-state index in [4.69, 9.17) is 7.49 Å². The number of hydrogen-bond acceptors (Lipinski definition) is 0. The quantitative estimate of drug-likeness (QED) is 0.384. The molecule has 47 valence electrons. The van der Waals surface area contributed by atoms with Crippen LogP contribution in [0.15, 0.2) is 23.3 Å². The molecule has 0 unspecified atom stereocenters. The SMILES string of the molecule is [B]=C/C(C)=C\C=C(C)C. The zero-order chi connectivity index (χ0) is 7.28. The molecule has 0 amide bonds. The summed E-state index contributed by atoms with van der Waals surface area (Å²) in [5, 5.41) is 0. The maximum absolute atomic E-state index is 5.24. The van der Waals surface area contributed by atoms with Crippen molar-refractivity contribution in [3.8, 4) is 0 Å². The van der Waals surface area contributed by atoms with Crippen LogP contribution in [0.3, 0.4) is 0 Å². The van der Waals surface area contributed by atoms with Crippen molar-refractivity contribution in [2.24, 2.45) is 0 Å². The van der Waals surface area contributed by atoms with Gasteiger partial charge in [-0.3, -0.25) is 0 Å². The molecule has 0 saturated carbocycles. The average molecular weight is 119 g/mol. The second-order valence-corrected chi connectivity index (χ2v) is 2.32. The molecule has 0 bridgehead atoms. The van der Waals surface area contributed by atoms with Crippen LogP contribution in [0.4, 0.5) is 0 Å². The first-order chi connectivity index (χ1) is 4.16. The molecule has 0 atom stereocenters. The van der Waals surface area contributed by atoms with E-state index in [0.29, 0.717) is 0 Å². The molecule has 0 aliphatic carbocycles. The van der Waals surface area contributed by atoms with E-state index in [-0.39, 0.29) is 0 Å². The summed E-state index contributed by atoms with van der Waals surface area (Å²) in [6, 6.07) is 0. The van der Waals surface area contributed by atoms with Crippen LogP contribution >= 0.6 is 0 Å². The van der Waals surface area contributed by atoms with E-state index in [1.54, 1.807) is 5.97 Å². The molecule has 0 saturated heterocycles. The molecule has 0 heterocycles. The van der Waals surface area contributed by atoms with Gasteiger partial charge in [0.2, 0.25) is 0 Å². The zero-order valence-electron chi connectivity index (χ0n) is 6.31. The number of allylic oxidation sites excluding steroid dienone is 4. The van der Waals surface area contributed by atoms with Gasteiger partial charge in [-0.25, -0.2) is 0 Å². The fraction of sp³-hybridized carbons (Fsp3) is 0.375. The summed E-state index contributed by atoms with van der Waals surface area (Å²) in [7, 11) is 5.24. The van der Waals surface area contributed by atoms with Crippen LogP contribution in [0.2, 0.25) is 0 Å². The summed E-state index contributed by atoms with van der Waals surface area (Å²) in [6.45, 7) is 6.08. The van der Waals surface area contributed by atoms with Crippen LogP contribution in [-0.2, 0) is 0 Å². The van der Waals surface area contributed by atoms with E-state index in [2.05, 4.69) is 13.8 Å². The summed E-state index contributed by atoms with van der Waals surface area (Å²) in [6.07, 6.45) is 4.04. The molecule has 0 aromatic heterocycles. The van der Waals surface area contributed by atoms with Gasteiger partial charge in [0.25, 0.3) is 0 Å². The molecule has 0 aromatic carbocycles. The Kier molecular flexibility index (Phi) is 4.03. The summed E-state index contributed by atoms with van der Waals surface area (Å²) >= 11 is 0. The average Bonchev–Trinajstić information content (AvgIpc) is 1.83. The molecule has 0 rings (SSSR count). The van der Waals surface area contributed by atoms with Gasteiger partial charge in [0, 0.05) is 0 Å². The molecule has 1 heteroatoms. The minimum absolute atomic E-state index is 1.09. The topological polar surface area (TPSA) is 0 Å². The molecule has 0 fully saturated rings. The summed E-state index contributed by atoms with van der Waals surface area (Å²) in [4.78, 5) is 0. The molecule has 0 aliphatic heterocycles. The maximum atomic E-state index is 5.24. The molecule has 9 heavy (non-hydrogen) atoms. The van der Waals surface area contributed by atoms with Crippen molar-refractivity contribution >= 4 is 13.5 Å². The Labute approximate surface area is 58.4 Å². The third kappa shape index (κ3) is 5.28. The Morgan fingerprint density at radius 1 is 1.11 bits per heavy atom. The molecule has 0 nitrogen and oxygen atoms in total. The van der Waals surface area contributed by atoms with Crippen molar-refractivity contribution in [3.05, 3.63) is 23.3 Å². The van der Waals surface area contributed by atoms with Crippen LogP contribution in [0.25, 0.3) is 0 Å². The summed E-state index contributed by atoms with van der Waals surface area (Å²) < 4.78 is 0. The summed E-state index contributed by atoms with van der Waals surface area (Å²) in [5.74, 6) is 1.60. The van der Waals surface area contributed by atoms with Crippen molar-refractivity contribution in [2.45, 2.75) is 20.8 Å². The van der Waals surface area contributed by atoms with Gasteiger partial charge in [0.15, 0.2) is 0 Å². The van der Waals surface area contributed by atoms with Crippen LogP contribution in [0.5, 0.6) is 0 Å². The van der Waals surface area contributed by atoms with Crippen molar-refractivity contribution in [3.63, 3.8) is 0 Å². The zero-order valence-corrected chi connectivity index (χ0v) is 6.31. The normalized spacial score (nSPS) is 10.7. The summed E-state index contributed by atoms with van der Waals surface area (Å²) in [5.41, 5.74) is 2.38. The van der Waals surface area contributed by atoms with Crippen molar-refractivity contribution < 1.29 is 0 Å². The first-order valence-electron chi connectivity index (χ1n) is 3.03. The van der Waals surface area contributed by atoms with Gasteiger partial charge in [-0.05, 0) is 0 Å². The van der Waals surface area contributed by atoms with Crippen LogP contribution < -0.4 is 0 Å². The fourth-order valence-electron chi connectivity index (χ4n) is 0.354. The molecule has 1 radical (unpaired) electrons. The van der Waals surface area contributed by atoms with E-state index < -0.39 is 0 Å². The van der Waals surface area contributed by atoms with Gasteiger partial charge in [-0.2, -0.15) is 0 Å². The van der Waals surface area contributed by atoms with Crippen molar-refractivity contribution in [2.75, 3.05) is 0 Å². The molecular weight excluding hydrogens is 107 g/mol. The van der Waals surface area contributed by atoms with Gasteiger partial charge in [0.05, 0.1) is 0 Å². The van der Waals surface area contributed by atoms with Gasteiger partial charge in [-0.1, -0.05) is 0 Å². The van der Waals surface area contributed by atoms with Gasteiger partial charge < -0.3 is 0 Å². The minimum atomic E-state index is 1.09. The molecule has 0 aromatic rings. The number of hydrogen-bond donors (Lipinski definition) is 0. The van der Waals surface area contributed by atoms with Gasteiger partial charge in [-0.15, -0.1) is 0 Å². The Hall–Kier alpha value is -0.585. The molecule has 0 aliphatic rings. The molecule has 0 spiro atoms. The van der Waals surface area contributed by atoms with Crippen LogP contribution in [0.1, 0.15) is 20.8 Å². The van der Waals surface area contributed by atoms with Crippen molar-refractivity contribution in [1.82, 2.24) is 0 Å².